The number of hydrogen-bond donors (Lipinski definition) is 0. The molecule has 0 rings (SSSR count). The third kappa shape index (κ3) is 3.50. The van der Waals surface area contributed by atoms with Crippen molar-refractivity contribution < 1.29 is 17.9 Å². The van der Waals surface area contributed by atoms with Gasteiger partial charge in [-0.2, -0.15) is 13.2 Å². The van der Waals surface area contributed by atoms with Gasteiger partial charge in [0, 0.05) is 0 Å². The molecule has 0 aliphatic heterocycles. The first-order valence-corrected chi connectivity index (χ1v) is 2.77. The second-order valence-corrected chi connectivity index (χ2v) is 1.81. The Morgan fingerprint density at radius 1 is 1.60 bits per heavy atom. The smallest absolute Gasteiger partial charge is 0.365 e. The van der Waals surface area contributed by atoms with Gasteiger partial charge < -0.3 is 4.74 Å². The Morgan fingerprint density at radius 2 is 2.10 bits per heavy atom. The van der Waals surface area contributed by atoms with Gasteiger partial charge in [-0.1, -0.05) is 6.08 Å². The lowest BCUT2D eigenvalue weighted by molar-refractivity contribution is -0.210. The lowest BCUT2D eigenvalue weighted by Gasteiger charge is -2.14. The van der Waals surface area contributed by atoms with E-state index < -0.39 is 12.3 Å². The van der Waals surface area contributed by atoms with Crippen LogP contribution >= 0.6 is 0 Å². The molecule has 0 saturated carbocycles. The molecule has 0 heterocycles. The zero-order chi connectivity index (χ0) is 8.20. The van der Waals surface area contributed by atoms with E-state index in [0.29, 0.717) is 0 Å². The van der Waals surface area contributed by atoms with Gasteiger partial charge in [0.1, 0.15) is 0 Å². The van der Waals surface area contributed by atoms with Crippen molar-refractivity contribution in [2.45, 2.75) is 19.2 Å². The summed E-state index contributed by atoms with van der Waals surface area (Å²) in [5.74, 6) is 0. The Hall–Kier alpha value is -0.510. The van der Waals surface area contributed by atoms with Crippen molar-refractivity contribution in [3.05, 3.63) is 12.7 Å². The first-order valence-electron chi connectivity index (χ1n) is 2.77. The SMILES string of the molecule is C=CCOC(C)C(F)(F)F. The normalized spacial score (nSPS) is 14.8. The van der Waals surface area contributed by atoms with Crippen molar-refractivity contribution in [1.29, 1.82) is 0 Å². The molecule has 0 spiro atoms. The maximum Gasteiger partial charge on any atom is 0.414 e. The van der Waals surface area contributed by atoms with E-state index in [1.165, 1.54) is 6.08 Å². The first kappa shape index (κ1) is 9.49. The monoisotopic (exact) mass is 154 g/mol. The van der Waals surface area contributed by atoms with Gasteiger partial charge in [0.25, 0.3) is 0 Å². The Kier molecular flexibility index (Phi) is 3.42. The highest BCUT2D eigenvalue weighted by Crippen LogP contribution is 2.21. The van der Waals surface area contributed by atoms with Gasteiger partial charge in [-0.05, 0) is 6.92 Å². The predicted molar refractivity (Wildman–Crippen MR) is 31.7 cm³/mol. The maximum absolute atomic E-state index is 11.6. The fourth-order valence-electron chi connectivity index (χ4n) is 0.307. The average molecular weight is 154 g/mol. The van der Waals surface area contributed by atoms with Crippen molar-refractivity contribution >= 4 is 0 Å². The summed E-state index contributed by atoms with van der Waals surface area (Å²) in [7, 11) is 0. The summed E-state index contributed by atoms with van der Waals surface area (Å²) in [6.07, 6.45) is -4.68. The fourth-order valence-corrected chi connectivity index (χ4v) is 0.307. The minimum absolute atomic E-state index is 0.0688. The Bertz CT molecular complexity index is 108. The quantitative estimate of drug-likeness (QED) is 0.566. The highest BCUT2D eigenvalue weighted by Gasteiger charge is 2.36. The second-order valence-electron chi connectivity index (χ2n) is 1.81. The van der Waals surface area contributed by atoms with Gasteiger partial charge in [0.2, 0.25) is 0 Å². The molecule has 60 valence electrons. The van der Waals surface area contributed by atoms with E-state index in [-0.39, 0.29) is 6.61 Å². The van der Waals surface area contributed by atoms with Crippen LogP contribution in [0.4, 0.5) is 13.2 Å². The minimum atomic E-state index is -4.26. The summed E-state index contributed by atoms with van der Waals surface area (Å²) < 4.78 is 39.2. The molecule has 0 aliphatic rings. The van der Waals surface area contributed by atoms with Crippen LogP contribution in [0.3, 0.4) is 0 Å². The molecule has 0 amide bonds. The van der Waals surface area contributed by atoms with E-state index >= 15 is 0 Å². The average Bonchev–Trinajstić information content (AvgIpc) is 1.80. The van der Waals surface area contributed by atoms with Crippen molar-refractivity contribution in [2.75, 3.05) is 6.61 Å². The molecule has 4 heteroatoms. The molecule has 0 radical (unpaired) electrons. The van der Waals surface area contributed by atoms with Crippen LogP contribution < -0.4 is 0 Å². The third-order valence-electron chi connectivity index (χ3n) is 0.925. The molecule has 0 aliphatic carbocycles. The number of halogens is 3. The molecule has 1 nitrogen and oxygen atoms in total. The van der Waals surface area contributed by atoms with Crippen molar-refractivity contribution in [1.82, 2.24) is 0 Å². The lowest BCUT2D eigenvalue weighted by atomic mass is 10.4. The molecule has 0 N–H and O–H groups in total. The molecule has 0 saturated heterocycles. The zero-order valence-corrected chi connectivity index (χ0v) is 5.61. The highest BCUT2D eigenvalue weighted by atomic mass is 19.4. The molecule has 0 fully saturated rings. The number of alkyl halides is 3. The number of hydrogen-bond acceptors (Lipinski definition) is 1. The predicted octanol–water partition coefficient (Wildman–Crippen LogP) is 2.14. The summed E-state index contributed by atoms with van der Waals surface area (Å²) in [6, 6.07) is 0. The van der Waals surface area contributed by atoms with Gasteiger partial charge in [-0.3, -0.25) is 0 Å². The van der Waals surface area contributed by atoms with Crippen LogP contribution in [-0.2, 0) is 4.74 Å². The largest absolute Gasteiger partial charge is 0.414 e. The molecule has 1 atom stereocenters. The molecule has 0 bridgehead atoms. The van der Waals surface area contributed by atoms with E-state index in [0.717, 1.165) is 6.92 Å². The summed E-state index contributed by atoms with van der Waals surface area (Å²) in [5, 5.41) is 0. The Morgan fingerprint density at radius 3 is 2.40 bits per heavy atom. The molecule has 1 unspecified atom stereocenters. The number of ether oxygens (including phenoxy) is 1. The van der Waals surface area contributed by atoms with E-state index in [1.807, 2.05) is 0 Å². The van der Waals surface area contributed by atoms with Crippen molar-refractivity contribution in [3.63, 3.8) is 0 Å². The van der Waals surface area contributed by atoms with E-state index in [1.54, 1.807) is 0 Å². The van der Waals surface area contributed by atoms with E-state index in [9.17, 15) is 13.2 Å². The zero-order valence-electron chi connectivity index (χ0n) is 5.61. The number of rotatable bonds is 3. The van der Waals surface area contributed by atoms with E-state index in [2.05, 4.69) is 11.3 Å². The van der Waals surface area contributed by atoms with Crippen LogP contribution in [0.1, 0.15) is 6.92 Å². The Balaban J connectivity index is 3.61. The molecular weight excluding hydrogens is 145 g/mol. The Labute approximate surface area is 57.5 Å². The fraction of sp³-hybridized carbons (Fsp3) is 0.667. The minimum Gasteiger partial charge on any atom is -0.365 e. The summed E-state index contributed by atoms with van der Waals surface area (Å²) in [4.78, 5) is 0. The molecule has 0 aromatic carbocycles. The van der Waals surface area contributed by atoms with Gasteiger partial charge in [0.15, 0.2) is 6.10 Å². The van der Waals surface area contributed by atoms with Crippen LogP contribution in [0.5, 0.6) is 0 Å². The van der Waals surface area contributed by atoms with Crippen molar-refractivity contribution in [3.8, 4) is 0 Å². The summed E-state index contributed by atoms with van der Waals surface area (Å²) >= 11 is 0. The molecule has 0 aromatic rings. The standard InChI is InChI=1S/C6H9F3O/c1-3-4-10-5(2)6(7,8)9/h3,5H,1,4H2,2H3. The van der Waals surface area contributed by atoms with Gasteiger partial charge >= 0.3 is 6.18 Å². The van der Waals surface area contributed by atoms with Crippen LogP contribution in [0.15, 0.2) is 12.7 Å². The lowest BCUT2D eigenvalue weighted by Crippen LogP contribution is -2.28. The summed E-state index contributed by atoms with van der Waals surface area (Å²) in [5.41, 5.74) is 0. The van der Waals surface area contributed by atoms with E-state index in [4.69, 9.17) is 0 Å². The van der Waals surface area contributed by atoms with Gasteiger partial charge in [0.05, 0.1) is 6.61 Å². The molecular formula is C6H9F3O. The molecule has 0 aromatic heterocycles. The maximum atomic E-state index is 11.6. The summed E-state index contributed by atoms with van der Waals surface area (Å²) in [6.45, 7) is 4.12. The molecule has 10 heavy (non-hydrogen) atoms. The van der Waals surface area contributed by atoms with Crippen LogP contribution in [0.2, 0.25) is 0 Å². The van der Waals surface area contributed by atoms with Gasteiger partial charge in [-0.15, -0.1) is 6.58 Å². The second kappa shape index (κ2) is 3.61. The van der Waals surface area contributed by atoms with Gasteiger partial charge in [-0.25, -0.2) is 0 Å². The van der Waals surface area contributed by atoms with Crippen LogP contribution in [0, 0.1) is 0 Å². The third-order valence-corrected chi connectivity index (χ3v) is 0.925. The first-order chi connectivity index (χ1) is 4.48. The van der Waals surface area contributed by atoms with Crippen molar-refractivity contribution in [2.24, 2.45) is 0 Å². The van der Waals surface area contributed by atoms with Crippen LogP contribution in [-0.4, -0.2) is 18.9 Å². The highest BCUT2D eigenvalue weighted by molar-refractivity contribution is 4.68. The topological polar surface area (TPSA) is 9.23 Å². The van der Waals surface area contributed by atoms with Crippen LogP contribution in [0.25, 0.3) is 0 Å².